The second-order valence-electron chi connectivity index (χ2n) is 3.81. The van der Waals surface area contributed by atoms with Gasteiger partial charge in [0, 0.05) is 17.8 Å². The summed E-state index contributed by atoms with van der Waals surface area (Å²) in [5.41, 5.74) is 2.49. The van der Waals surface area contributed by atoms with Gasteiger partial charge in [0.05, 0.1) is 10.7 Å². The van der Waals surface area contributed by atoms with Gasteiger partial charge >= 0.3 is 0 Å². The molecule has 0 saturated heterocycles. The van der Waals surface area contributed by atoms with E-state index in [1.807, 2.05) is 20.0 Å². The van der Waals surface area contributed by atoms with E-state index in [2.05, 4.69) is 39.9 Å². The molecule has 0 radical (unpaired) electrons. The Kier molecular flexibility index (Phi) is 3.70. The fourth-order valence-electron chi connectivity index (χ4n) is 1.78. The van der Waals surface area contributed by atoms with Crippen LogP contribution in [-0.2, 0) is 6.42 Å². The maximum absolute atomic E-state index is 4.50. The van der Waals surface area contributed by atoms with E-state index in [0.717, 1.165) is 11.4 Å². The molecule has 0 amide bonds. The van der Waals surface area contributed by atoms with Crippen molar-refractivity contribution >= 4 is 11.3 Å². The molecule has 1 atom stereocenters. The molecule has 0 bridgehead atoms. The van der Waals surface area contributed by atoms with Gasteiger partial charge in [-0.25, -0.2) is 4.98 Å². The summed E-state index contributed by atoms with van der Waals surface area (Å²) in [5, 5.41) is 6.62. The van der Waals surface area contributed by atoms with Crippen molar-refractivity contribution in [2.24, 2.45) is 0 Å². The SMILES string of the molecule is CNC(Cc1csc(C)n1)c1ccccc1. The largest absolute Gasteiger partial charge is 0.313 e. The van der Waals surface area contributed by atoms with Crippen molar-refractivity contribution in [3.05, 3.63) is 52.0 Å². The standard InChI is InChI=1S/C13H16N2S/c1-10-15-12(9-16-10)8-13(14-2)11-6-4-3-5-7-11/h3-7,9,13-14H,8H2,1-2H3. The van der Waals surface area contributed by atoms with E-state index < -0.39 is 0 Å². The van der Waals surface area contributed by atoms with Crippen LogP contribution in [0, 0.1) is 6.92 Å². The molecular formula is C13H16N2S. The summed E-state index contributed by atoms with van der Waals surface area (Å²) in [7, 11) is 2.00. The van der Waals surface area contributed by atoms with E-state index in [1.165, 1.54) is 11.3 Å². The van der Waals surface area contributed by atoms with E-state index in [9.17, 15) is 0 Å². The summed E-state index contributed by atoms with van der Waals surface area (Å²) in [6, 6.07) is 10.9. The van der Waals surface area contributed by atoms with Crippen LogP contribution >= 0.6 is 11.3 Å². The molecule has 0 aliphatic carbocycles. The molecule has 2 rings (SSSR count). The van der Waals surface area contributed by atoms with Crippen LogP contribution in [0.15, 0.2) is 35.7 Å². The molecular weight excluding hydrogens is 216 g/mol. The quantitative estimate of drug-likeness (QED) is 0.876. The maximum Gasteiger partial charge on any atom is 0.0897 e. The summed E-state index contributed by atoms with van der Waals surface area (Å²) < 4.78 is 0. The molecule has 1 aromatic heterocycles. The van der Waals surface area contributed by atoms with Crippen LogP contribution < -0.4 is 5.32 Å². The number of aryl methyl sites for hydroxylation is 1. The fourth-order valence-corrected chi connectivity index (χ4v) is 2.41. The normalized spacial score (nSPS) is 12.6. The topological polar surface area (TPSA) is 24.9 Å². The summed E-state index contributed by atoms with van der Waals surface area (Å²) in [6.07, 6.45) is 0.949. The van der Waals surface area contributed by atoms with Gasteiger partial charge in [-0.1, -0.05) is 30.3 Å². The van der Waals surface area contributed by atoms with Crippen molar-refractivity contribution in [2.45, 2.75) is 19.4 Å². The Morgan fingerprint density at radius 2 is 2.06 bits per heavy atom. The number of aromatic nitrogens is 1. The Bertz CT molecular complexity index is 436. The minimum absolute atomic E-state index is 0.350. The van der Waals surface area contributed by atoms with Crippen molar-refractivity contribution in [3.8, 4) is 0 Å². The zero-order valence-corrected chi connectivity index (χ0v) is 10.4. The number of hydrogen-bond acceptors (Lipinski definition) is 3. The molecule has 0 aliphatic heterocycles. The first-order valence-corrected chi connectivity index (χ1v) is 6.31. The first kappa shape index (κ1) is 11.3. The average molecular weight is 232 g/mol. The highest BCUT2D eigenvalue weighted by Crippen LogP contribution is 2.19. The molecule has 0 spiro atoms. The number of hydrogen-bond donors (Lipinski definition) is 1. The number of nitrogens with zero attached hydrogens (tertiary/aromatic N) is 1. The Morgan fingerprint density at radius 1 is 1.31 bits per heavy atom. The van der Waals surface area contributed by atoms with Gasteiger partial charge in [-0.3, -0.25) is 0 Å². The molecule has 1 unspecified atom stereocenters. The molecule has 3 heteroatoms. The lowest BCUT2D eigenvalue weighted by Gasteiger charge is -2.15. The third kappa shape index (κ3) is 2.68. The molecule has 1 N–H and O–H groups in total. The molecule has 2 aromatic rings. The molecule has 0 fully saturated rings. The predicted octanol–water partition coefficient (Wildman–Crippen LogP) is 2.95. The zero-order valence-electron chi connectivity index (χ0n) is 9.60. The number of likely N-dealkylation sites (N-methyl/N-ethyl adjacent to an activating group) is 1. The Balaban J connectivity index is 2.12. The lowest BCUT2D eigenvalue weighted by molar-refractivity contribution is 0.585. The van der Waals surface area contributed by atoms with Gasteiger partial charge in [0.1, 0.15) is 0 Å². The van der Waals surface area contributed by atoms with Crippen LogP contribution in [-0.4, -0.2) is 12.0 Å². The summed E-state index contributed by atoms with van der Waals surface area (Å²) >= 11 is 1.71. The fraction of sp³-hybridized carbons (Fsp3) is 0.308. The zero-order chi connectivity index (χ0) is 11.4. The monoisotopic (exact) mass is 232 g/mol. The van der Waals surface area contributed by atoms with Crippen LogP contribution in [0.25, 0.3) is 0 Å². The molecule has 1 aromatic carbocycles. The highest BCUT2D eigenvalue weighted by Gasteiger charge is 2.11. The second-order valence-corrected chi connectivity index (χ2v) is 4.88. The molecule has 0 aliphatic rings. The number of benzene rings is 1. The van der Waals surface area contributed by atoms with E-state index in [4.69, 9.17) is 0 Å². The van der Waals surface area contributed by atoms with E-state index in [0.29, 0.717) is 6.04 Å². The van der Waals surface area contributed by atoms with Crippen LogP contribution in [0.1, 0.15) is 22.3 Å². The van der Waals surface area contributed by atoms with Gasteiger partial charge in [-0.15, -0.1) is 11.3 Å². The first-order valence-electron chi connectivity index (χ1n) is 5.43. The maximum atomic E-state index is 4.50. The molecule has 2 nitrogen and oxygen atoms in total. The average Bonchev–Trinajstić information content (AvgIpc) is 2.73. The first-order chi connectivity index (χ1) is 7.79. The van der Waals surface area contributed by atoms with E-state index >= 15 is 0 Å². The number of rotatable bonds is 4. The van der Waals surface area contributed by atoms with Gasteiger partial charge in [0.25, 0.3) is 0 Å². The van der Waals surface area contributed by atoms with Crippen molar-refractivity contribution in [1.29, 1.82) is 0 Å². The van der Waals surface area contributed by atoms with Crippen LogP contribution in [0.3, 0.4) is 0 Å². The summed E-state index contributed by atoms with van der Waals surface area (Å²) in [6.45, 7) is 2.05. The molecule has 1 heterocycles. The van der Waals surface area contributed by atoms with Crippen LogP contribution in [0.2, 0.25) is 0 Å². The van der Waals surface area contributed by atoms with Gasteiger partial charge < -0.3 is 5.32 Å². The predicted molar refractivity (Wildman–Crippen MR) is 68.8 cm³/mol. The minimum atomic E-state index is 0.350. The minimum Gasteiger partial charge on any atom is -0.313 e. The van der Waals surface area contributed by atoms with Crippen molar-refractivity contribution < 1.29 is 0 Å². The van der Waals surface area contributed by atoms with Gasteiger partial charge in [-0.2, -0.15) is 0 Å². The van der Waals surface area contributed by atoms with Crippen LogP contribution in [0.4, 0.5) is 0 Å². The van der Waals surface area contributed by atoms with Gasteiger partial charge in [0.15, 0.2) is 0 Å². The highest BCUT2D eigenvalue weighted by molar-refractivity contribution is 7.09. The van der Waals surface area contributed by atoms with E-state index in [-0.39, 0.29) is 0 Å². The summed E-state index contributed by atoms with van der Waals surface area (Å²) in [5.74, 6) is 0. The van der Waals surface area contributed by atoms with Gasteiger partial charge in [-0.05, 0) is 19.5 Å². The molecule has 84 valence electrons. The molecule has 16 heavy (non-hydrogen) atoms. The van der Waals surface area contributed by atoms with Crippen LogP contribution in [0.5, 0.6) is 0 Å². The molecule has 0 saturated carbocycles. The highest BCUT2D eigenvalue weighted by atomic mass is 32.1. The van der Waals surface area contributed by atoms with Gasteiger partial charge in [0.2, 0.25) is 0 Å². The van der Waals surface area contributed by atoms with Crippen molar-refractivity contribution in [3.63, 3.8) is 0 Å². The van der Waals surface area contributed by atoms with Crippen molar-refractivity contribution in [1.82, 2.24) is 10.3 Å². The van der Waals surface area contributed by atoms with E-state index in [1.54, 1.807) is 11.3 Å². The summed E-state index contributed by atoms with van der Waals surface area (Å²) in [4.78, 5) is 4.50. The Labute approximate surface area is 100 Å². The number of thiazole rings is 1. The number of nitrogens with one attached hydrogen (secondary N) is 1. The second kappa shape index (κ2) is 5.23. The van der Waals surface area contributed by atoms with Crippen molar-refractivity contribution in [2.75, 3.05) is 7.05 Å². The lowest BCUT2D eigenvalue weighted by atomic mass is 10.0. The third-order valence-electron chi connectivity index (χ3n) is 2.63. The Hall–Kier alpha value is -1.19. The third-order valence-corrected chi connectivity index (χ3v) is 3.45. The lowest BCUT2D eigenvalue weighted by Crippen LogP contribution is -2.18. The Morgan fingerprint density at radius 3 is 2.62 bits per heavy atom. The smallest absolute Gasteiger partial charge is 0.0897 e.